The summed E-state index contributed by atoms with van der Waals surface area (Å²) in [6.45, 7) is 2.15. The van der Waals surface area contributed by atoms with Crippen molar-refractivity contribution in [2.75, 3.05) is 13.2 Å². The highest BCUT2D eigenvalue weighted by Crippen LogP contribution is 2.13. The lowest BCUT2D eigenvalue weighted by molar-refractivity contribution is -0.143. The lowest BCUT2D eigenvalue weighted by Crippen LogP contribution is -2.33. The molecule has 0 aliphatic rings. The first-order valence-corrected chi connectivity index (χ1v) is 7.81. The number of hydrogen-bond acceptors (Lipinski definition) is 4. The van der Waals surface area contributed by atoms with Crippen molar-refractivity contribution in [3.8, 4) is 0 Å². The first-order valence-electron chi connectivity index (χ1n) is 7.81. The van der Waals surface area contributed by atoms with E-state index < -0.39 is 23.5 Å². The van der Waals surface area contributed by atoms with Crippen LogP contribution in [0.2, 0.25) is 0 Å². The highest BCUT2D eigenvalue weighted by Gasteiger charge is 2.19. The van der Waals surface area contributed by atoms with Crippen molar-refractivity contribution >= 4 is 11.9 Å². The van der Waals surface area contributed by atoms with Gasteiger partial charge in [0.05, 0.1) is 25.3 Å². The van der Waals surface area contributed by atoms with Crippen molar-refractivity contribution in [2.45, 2.75) is 19.9 Å². The molecule has 0 aliphatic heterocycles. The molecule has 0 N–H and O–H groups in total. The van der Waals surface area contributed by atoms with Gasteiger partial charge in [-0.25, -0.2) is 8.78 Å². The van der Waals surface area contributed by atoms with Crippen LogP contribution in [0.4, 0.5) is 8.78 Å². The number of carbonyl (C=O) groups is 2. The van der Waals surface area contributed by atoms with Crippen molar-refractivity contribution in [2.24, 2.45) is 0 Å². The van der Waals surface area contributed by atoms with Gasteiger partial charge < -0.3 is 9.64 Å². The molecule has 1 heterocycles. The Morgan fingerprint density at radius 2 is 1.96 bits per heavy atom. The molecule has 0 radical (unpaired) electrons. The van der Waals surface area contributed by atoms with Crippen LogP contribution in [-0.4, -0.2) is 34.9 Å². The second kappa shape index (κ2) is 8.86. The number of aromatic nitrogens is 1. The third-order valence-electron chi connectivity index (χ3n) is 3.42. The summed E-state index contributed by atoms with van der Waals surface area (Å²) in [7, 11) is 0. The molecule has 0 unspecified atom stereocenters. The average Bonchev–Trinajstić information content (AvgIpc) is 2.61. The van der Waals surface area contributed by atoms with Gasteiger partial charge in [0.15, 0.2) is 11.6 Å². The minimum Gasteiger partial charge on any atom is -0.466 e. The van der Waals surface area contributed by atoms with Gasteiger partial charge in [-0.1, -0.05) is 6.07 Å². The summed E-state index contributed by atoms with van der Waals surface area (Å²) < 4.78 is 31.4. The molecule has 0 bridgehead atoms. The molecule has 5 nitrogen and oxygen atoms in total. The molecule has 0 saturated carbocycles. The van der Waals surface area contributed by atoms with Crippen LogP contribution >= 0.6 is 0 Å². The quantitative estimate of drug-likeness (QED) is 0.722. The van der Waals surface area contributed by atoms with Gasteiger partial charge in [0, 0.05) is 18.3 Å². The maximum Gasteiger partial charge on any atom is 0.307 e. The number of pyridine rings is 1. The molecule has 25 heavy (non-hydrogen) atoms. The molecule has 1 aromatic heterocycles. The van der Waals surface area contributed by atoms with E-state index in [0.717, 1.165) is 12.1 Å². The molecule has 0 atom stereocenters. The van der Waals surface area contributed by atoms with Gasteiger partial charge in [0.25, 0.3) is 5.91 Å². The van der Waals surface area contributed by atoms with Crippen LogP contribution in [0, 0.1) is 11.6 Å². The van der Waals surface area contributed by atoms with Crippen LogP contribution in [0.25, 0.3) is 0 Å². The fourth-order valence-corrected chi connectivity index (χ4v) is 2.21. The van der Waals surface area contributed by atoms with E-state index >= 15 is 0 Å². The number of nitrogens with zero attached hydrogens (tertiary/aromatic N) is 2. The van der Waals surface area contributed by atoms with E-state index in [4.69, 9.17) is 4.74 Å². The molecule has 7 heteroatoms. The molecule has 0 fully saturated rings. The first-order chi connectivity index (χ1) is 12.0. The largest absolute Gasteiger partial charge is 0.466 e. The Bertz CT molecular complexity index is 738. The predicted octanol–water partition coefficient (Wildman–Crippen LogP) is 2.96. The smallest absolute Gasteiger partial charge is 0.307 e. The molecule has 0 spiro atoms. The zero-order chi connectivity index (χ0) is 18.2. The van der Waals surface area contributed by atoms with E-state index in [1.54, 1.807) is 31.3 Å². The number of amides is 1. The summed E-state index contributed by atoms with van der Waals surface area (Å²) in [5.74, 6) is -3.09. The number of carbonyl (C=O) groups excluding carboxylic acids is 2. The Hall–Kier alpha value is -2.83. The summed E-state index contributed by atoms with van der Waals surface area (Å²) in [5, 5.41) is 0. The average molecular weight is 348 g/mol. The topological polar surface area (TPSA) is 59.5 Å². The highest BCUT2D eigenvalue weighted by atomic mass is 19.2. The van der Waals surface area contributed by atoms with Gasteiger partial charge in [-0.05, 0) is 37.3 Å². The SMILES string of the molecule is CCOC(=O)CCN(Cc1ccccn1)C(=O)c1ccc(F)c(F)c1. The zero-order valence-electron chi connectivity index (χ0n) is 13.7. The molecule has 0 saturated heterocycles. The molecular weight excluding hydrogens is 330 g/mol. The van der Waals surface area contributed by atoms with E-state index in [1.165, 1.54) is 11.0 Å². The molecule has 2 rings (SSSR count). The summed E-state index contributed by atoms with van der Waals surface area (Å²) in [6.07, 6.45) is 1.58. The van der Waals surface area contributed by atoms with E-state index in [1.807, 2.05) is 0 Å². The van der Waals surface area contributed by atoms with Crippen LogP contribution in [0.5, 0.6) is 0 Å². The summed E-state index contributed by atoms with van der Waals surface area (Å²) in [6, 6.07) is 8.18. The van der Waals surface area contributed by atoms with E-state index in [0.29, 0.717) is 5.69 Å². The molecule has 1 amide bonds. The van der Waals surface area contributed by atoms with Gasteiger partial charge in [-0.15, -0.1) is 0 Å². The number of rotatable bonds is 7. The van der Waals surface area contributed by atoms with Crippen LogP contribution < -0.4 is 0 Å². The fourth-order valence-electron chi connectivity index (χ4n) is 2.21. The van der Waals surface area contributed by atoms with Crippen molar-refractivity contribution in [3.05, 3.63) is 65.5 Å². The van der Waals surface area contributed by atoms with Crippen molar-refractivity contribution in [3.63, 3.8) is 0 Å². The van der Waals surface area contributed by atoms with Gasteiger partial charge in [-0.2, -0.15) is 0 Å². The second-order valence-electron chi connectivity index (χ2n) is 5.23. The number of halogens is 2. The highest BCUT2D eigenvalue weighted by molar-refractivity contribution is 5.94. The normalized spacial score (nSPS) is 10.4. The van der Waals surface area contributed by atoms with Gasteiger partial charge in [0.1, 0.15) is 0 Å². The minimum absolute atomic E-state index is 0.00121. The summed E-state index contributed by atoms with van der Waals surface area (Å²) in [4.78, 5) is 29.7. The minimum atomic E-state index is -1.10. The number of hydrogen-bond donors (Lipinski definition) is 0. The lowest BCUT2D eigenvalue weighted by Gasteiger charge is -2.22. The summed E-state index contributed by atoms with van der Waals surface area (Å²) >= 11 is 0. The lowest BCUT2D eigenvalue weighted by atomic mass is 10.1. The third-order valence-corrected chi connectivity index (χ3v) is 3.42. The molecule has 2 aromatic rings. The Kier molecular flexibility index (Phi) is 6.56. The maximum absolute atomic E-state index is 13.4. The monoisotopic (exact) mass is 348 g/mol. The van der Waals surface area contributed by atoms with Crippen molar-refractivity contribution in [1.82, 2.24) is 9.88 Å². The Morgan fingerprint density at radius 1 is 1.16 bits per heavy atom. The number of benzene rings is 1. The maximum atomic E-state index is 13.4. The van der Waals surface area contributed by atoms with Gasteiger partial charge in [0.2, 0.25) is 0 Å². The predicted molar refractivity (Wildman–Crippen MR) is 86.6 cm³/mol. The first kappa shape index (κ1) is 18.5. The van der Waals surface area contributed by atoms with E-state index in [9.17, 15) is 18.4 Å². The molecule has 1 aromatic carbocycles. The van der Waals surface area contributed by atoms with Crippen LogP contribution in [0.3, 0.4) is 0 Å². The Labute approximate surface area is 144 Å². The Morgan fingerprint density at radius 3 is 2.60 bits per heavy atom. The van der Waals surface area contributed by atoms with E-state index in [-0.39, 0.29) is 31.7 Å². The molecular formula is C18H18F2N2O3. The standard InChI is InChI=1S/C18H18F2N2O3/c1-2-25-17(23)8-10-22(12-14-5-3-4-9-21-14)18(24)13-6-7-15(19)16(20)11-13/h3-7,9,11H,2,8,10,12H2,1H3. The number of ether oxygens (including phenoxy) is 1. The van der Waals surface area contributed by atoms with Gasteiger partial charge in [-0.3, -0.25) is 14.6 Å². The third kappa shape index (κ3) is 5.34. The Balaban J connectivity index is 2.18. The van der Waals surface area contributed by atoms with E-state index in [2.05, 4.69) is 4.98 Å². The van der Waals surface area contributed by atoms with Crippen LogP contribution in [0.15, 0.2) is 42.6 Å². The fraction of sp³-hybridized carbons (Fsp3) is 0.278. The number of esters is 1. The van der Waals surface area contributed by atoms with Crippen LogP contribution in [-0.2, 0) is 16.1 Å². The van der Waals surface area contributed by atoms with Crippen molar-refractivity contribution < 1.29 is 23.1 Å². The zero-order valence-corrected chi connectivity index (χ0v) is 13.7. The summed E-state index contributed by atoms with van der Waals surface area (Å²) in [5.41, 5.74) is 0.612. The van der Waals surface area contributed by atoms with Crippen molar-refractivity contribution in [1.29, 1.82) is 0 Å². The van der Waals surface area contributed by atoms with Crippen LogP contribution in [0.1, 0.15) is 29.4 Å². The molecule has 132 valence electrons. The molecule has 0 aliphatic carbocycles. The van der Waals surface area contributed by atoms with Gasteiger partial charge >= 0.3 is 5.97 Å². The second-order valence-corrected chi connectivity index (χ2v) is 5.23.